The fourth-order valence-electron chi connectivity index (χ4n) is 5.07. The summed E-state index contributed by atoms with van der Waals surface area (Å²) >= 11 is 0. The van der Waals surface area contributed by atoms with Gasteiger partial charge in [0.2, 0.25) is 0 Å². The van der Waals surface area contributed by atoms with Gasteiger partial charge in [0.15, 0.2) is 0 Å². The molecule has 0 aromatic heterocycles. The van der Waals surface area contributed by atoms with Gasteiger partial charge in [-0.1, -0.05) is 0 Å². The number of fused-ring (bicyclic) bond motifs is 1. The Morgan fingerprint density at radius 3 is 2.67 bits per heavy atom. The van der Waals surface area contributed by atoms with Crippen LogP contribution in [-0.4, -0.2) is 58.4 Å². The summed E-state index contributed by atoms with van der Waals surface area (Å²) in [6.45, 7) is 2.51. The normalized spacial score (nSPS) is 48.4. The lowest BCUT2D eigenvalue weighted by atomic mass is 9.84. The van der Waals surface area contributed by atoms with Crippen molar-refractivity contribution in [2.45, 2.75) is 36.9 Å². The molecule has 4 fully saturated rings. The number of aliphatic hydroxyl groups excluding tert-OH is 1. The highest BCUT2D eigenvalue weighted by atomic mass is 16.4. The van der Waals surface area contributed by atoms with Gasteiger partial charge in [0.05, 0.1) is 18.1 Å². The number of carboxylic acids is 1. The quantitative estimate of drug-likeness (QED) is 0.632. The minimum atomic E-state index is -0.722. The van der Waals surface area contributed by atoms with E-state index < -0.39 is 5.97 Å². The zero-order valence-electron chi connectivity index (χ0n) is 10.4. The fraction of sp³-hybridized carbons (Fsp3) is 0.923. The van der Waals surface area contributed by atoms with Crippen LogP contribution >= 0.6 is 0 Å². The lowest BCUT2D eigenvalue weighted by Gasteiger charge is -2.51. The molecule has 18 heavy (non-hydrogen) atoms. The van der Waals surface area contributed by atoms with Crippen molar-refractivity contribution in [3.63, 3.8) is 0 Å². The largest absolute Gasteiger partial charge is 0.481 e. The summed E-state index contributed by atoms with van der Waals surface area (Å²) in [5.41, 5.74) is -0.232. The predicted octanol–water partition coefficient (Wildman–Crippen LogP) is -0.496. The molecule has 0 spiro atoms. The van der Waals surface area contributed by atoms with Crippen LogP contribution in [-0.2, 0) is 4.79 Å². The first-order valence-corrected chi connectivity index (χ1v) is 6.98. The predicted molar refractivity (Wildman–Crippen MR) is 64.1 cm³/mol. The number of aliphatic carboxylic acids is 1. The number of hydrogen-bond acceptors (Lipinski definition) is 4. The average Bonchev–Trinajstić information content (AvgIpc) is 2.83. The van der Waals surface area contributed by atoms with Crippen molar-refractivity contribution in [2.75, 3.05) is 19.6 Å². The lowest BCUT2D eigenvalue weighted by molar-refractivity contribution is -0.143. The summed E-state index contributed by atoms with van der Waals surface area (Å²) in [5, 5.41) is 22.7. The van der Waals surface area contributed by atoms with Gasteiger partial charge in [0.1, 0.15) is 0 Å². The summed E-state index contributed by atoms with van der Waals surface area (Å²) in [6.07, 6.45) is 2.28. The maximum atomic E-state index is 11.1. The van der Waals surface area contributed by atoms with Crippen LogP contribution in [0.2, 0.25) is 0 Å². The molecule has 0 aromatic carbocycles. The van der Waals surface area contributed by atoms with Crippen LogP contribution in [0.5, 0.6) is 0 Å². The van der Waals surface area contributed by atoms with Crippen molar-refractivity contribution in [1.82, 2.24) is 10.2 Å². The van der Waals surface area contributed by atoms with Gasteiger partial charge in [-0.2, -0.15) is 0 Å². The lowest BCUT2D eigenvalue weighted by Crippen LogP contribution is -2.71. The Morgan fingerprint density at radius 2 is 2.11 bits per heavy atom. The second-order valence-corrected chi connectivity index (χ2v) is 6.69. The van der Waals surface area contributed by atoms with Gasteiger partial charge in [-0.05, 0) is 30.6 Å². The van der Waals surface area contributed by atoms with E-state index in [0.29, 0.717) is 17.8 Å². The van der Waals surface area contributed by atoms with E-state index in [4.69, 9.17) is 5.11 Å². The summed E-state index contributed by atoms with van der Waals surface area (Å²) in [6, 6.07) is 0.232. The van der Waals surface area contributed by atoms with Crippen LogP contribution in [0.1, 0.15) is 19.3 Å². The number of nitrogens with one attached hydrogen (secondary N) is 1. The maximum Gasteiger partial charge on any atom is 0.305 e. The average molecular weight is 252 g/mol. The van der Waals surface area contributed by atoms with Gasteiger partial charge in [-0.15, -0.1) is 0 Å². The van der Waals surface area contributed by atoms with Crippen LogP contribution in [0.15, 0.2) is 0 Å². The van der Waals surface area contributed by atoms with Crippen molar-refractivity contribution in [3.05, 3.63) is 0 Å². The first kappa shape index (κ1) is 11.2. The van der Waals surface area contributed by atoms with Crippen molar-refractivity contribution in [3.8, 4) is 0 Å². The van der Waals surface area contributed by atoms with Gasteiger partial charge in [0, 0.05) is 25.7 Å². The Balaban J connectivity index is 1.63. The van der Waals surface area contributed by atoms with E-state index in [1.54, 1.807) is 0 Å². The molecule has 5 nitrogen and oxygen atoms in total. The third-order valence-corrected chi connectivity index (χ3v) is 5.85. The third-order valence-electron chi connectivity index (χ3n) is 5.85. The molecular weight excluding hydrogens is 232 g/mol. The Morgan fingerprint density at radius 1 is 1.33 bits per heavy atom. The van der Waals surface area contributed by atoms with Crippen LogP contribution in [0.3, 0.4) is 0 Å². The first-order valence-electron chi connectivity index (χ1n) is 6.98. The SMILES string of the molecule is O=C(O)CC1(N2CC3CC4CC3C2C4O)CNC1. The molecule has 4 aliphatic rings. The highest BCUT2D eigenvalue weighted by molar-refractivity contribution is 5.69. The smallest absolute Gasteiger partial charge is 0.305 e. The molecule has 0 aromatic rings. The highest BCUT2D eigenvalue weighted by Crippen LogP contribution is 2.57. The standard InChI is InChI=1S/C13H20N2O3/c16-10(17)3-13(5-14-6-13)15-4-8-1-7-2-9(8)11(15)12(7)18/h7-9,11-12,14,18H,1-6H2,(H,16,17). The second kappa shape index (κ2) is 3.46. The Bertz CT molecular complexity index is 394. The van der Waals surface area contributed by atoms with Crippen LogP contribution < -0.4 is 5.32 Å². The molecule has 2 aliphatic carbocycles. The Kier molecular flexibility index (Phi) is 2.16. The van der Waals surface area contributed by atoms with E-state index in [1.807, 2.05) is 0 Å². The number of aliphatic hydroxyl groups is 1. The molecule has 5 atom stereocenters. The topological polar surface area (TPSA) is 72.8 Å². The highest BCUT2D eigenvalue weighted by Gasteiger charge is 2.63. The summed E-state index contributed by atoms with van der Waals surface area (Å²) in [5.74, 6) is 1.08. The molecule has 2 aliphatic heterocycles. The van der Waals surface area contributed by atoms with E-state index in [0.717, 1.165) is 32.5 Å². The monoisotopic (exact) mass is 252 g/mol. The van der Waals surface area contributed by atoms with Gasteiger partial charge < -0.3 is 15.5 Å². The molecule has 3 N–H and O–H groups in total. The van der Waals surface area contributed by atoms with Gasteiger partial charge in [-0.25, -0.2) is 0 Å². The Hall–Kier alpha value is -0.650. The number of carboxylic acid groups (broad SMARTS) is 1. The molecule has 2 saturated carbocycles. The van der Waals surface area contributed by atoms with E-state index in [-0.39, 0.29) is 24.1 Å². The van der Waals surface area contributed by atoms with E-state index in [2.05, 4.69) is 10.2 Å². The van der Waals surface area contributed by atoms with Gasteiger partial charge in [0.25, 0.3) is 0 Å². The van der Waals surface area contributed by atoms with Crippen molar-refractivity contribution >= 4 is 5.97 Å². The number of rotatable bonds is 3. The van der Waals surface area contributed by atoms with E-state index in [1.165, 1.54) is 0 Å². The Labute approximate surface area is 106 Å². The number of nitrogens with zero attached hydrogens (tertiary/aromatic N) is 1. The maximum absolute atomic E-state index is 11.1. The van der Waals surface area contributed by atoms with Crippen molar-refractivity contribution < 1.29 is 15.0 Å². The third kappa shape index (κ3) is 1.25. The molecule has 5 unspecified atom stereocenters. The molecular formula is C13H20N2O3. The molecule has 0 radical (unpaired) electrons. The van der Waals surface area contributed by atoms with Crippen LogP contribution in [0.25, 0.3) is 0 Å². The minimum absolute atomic E-state index is 0.202. The van der Waals surface area contributed by atoms with Crippen LogP contribution in [0.4, 0.5) is 0 Å². The summed E-state index contributed by atoms with van der Waals surface area (Å²) in [4.78, 5) is 13.5. The molecule has 0 amide bonds. The zero-order chi connectivity index (χ0) is 12.5. The van der Waals surface area contributed by atoms with Gasteiger partial charge >= 0.3 is 5.97 Å². The second-order valence-electron chi connectivity index (χ2n) is 6.69. The minimum Gasteiger partial charge on any atom is -0.481 e. The molecule has 2 heterocycles. The molecule has 2 saturated heterocycles. The fourth-order valence-corrected chi connectivity index (χ4v) is 5.07. The van der Waals surface area contributed by atoms with Crippen molar-refractivity contribution in [1.29, 1.82) is 0 Å². The van der Waals surface area contributed by atoms with E-state index >= 15 is 0 Å². The molecule has 100 valence electrons. The number of carbonyl (C=O) groups is 1. The van der Waals surface area contributed by atoms with Crippen LogP contribution in [0, 0.1) is 17.8 Å². The molecule has 2 bridgehead atoms. The van der Waals surface area contributed by atoms with Gasteiger partial charge in [-0.3, -0.25) is 9.69 Å². The molecule has 5 heteroatoms. The first-order chi connectivity index (χ1) is 8.61. The molecule has 4 rings (SSSR count). The zero-order valence-corrected chi connectivity index (χ0v) is 10.4. The van der Waals surface area contributed by atoms with Crippen molar-refractivity contribution in [2.24, 2.45) is 17.8 Å². The number of likely N-dealkylation sites (tertiary alicyclic amines) is 1. The summed E-state index contributed by atoms with van der Waals surface area (Å²) in [7, 11) is 0. The number of hydrogen-bond donors (Lipinski definition) is 3. The summed E-state index contributed by atoms with van der Waals surface area (Å²) < 4.78 is 0. The van der Waals surface area contributed by atoms with E-state index in [9.17, 15) is 9.90 Å².